The highest BCUT2D eigenvalue weighted by Gasteiger charge is 2.32. The van der Waals surface area contributed by atoms with Crippen LogP contribution in [0.25, 0.3) is 11.0 Å². The second-order valence-electron chi connectivity index (χ2n) is 8.87. The van der Waals surface area contributed by atoms with Crippen LogP contribution in [0.5, 0.6) is 0 Å². The van der Waals surface area contributed by atoms with Crippen LogP contribution in [-0.2, 0) is 9.84 Å². The van der Waals surface area contributed by atoms with E-state index in [4.69, 9.17) is 0 Å². The molecule has 4 rings (SSSR count). The summed E-state index contributed by atoms with van der Waals surface area (Å²) in [5.74, 6) is 2.89. The molecule has 1 aliphatic heterocycles. The molecule has 32 heavy (non-hydrogen) atoms. The summed E-state index contributed by atoms with van der Waals surface area (Å²) >= 11 is 0. The maximum atomic E-state index is 12.5. The highest BCUT2D eigenvalue weighted by atomic mass is 32.2. The van der Waals surface area contributed by atoms with Crippen molar-refractivity contribution in [3.63, 3.8) is 0 Å². The SMILES string of the molecule is Cc1nc2cnc(Nc3ccnc(N4CCC(S(=O)(=O)C(C)C)CC4)n3)cc2n1C(C)C. The van der Waals surface area contributed by atoms with E-state index in [0.717, 1.165) is 16.9 Å². The van der Waals surface area contributed by atoms with Crippen LogP contribution in [0.2, 0.25) is 0 Å². The Bertz CT molecular complexity index is 1210. The van der Waals surface area contributed by atoms with Crippen LogP contribution in [0, 0.1) is 6.92 Å². The molecule has 9 nitrogen and oxygen atoms in total. The molecule has 3 aromatic heterocycles. The first kappa shape index (κ1) is 22.4. The maximum absolute atomic E-state index is 12.5. The number of pyridine rings is 1. The normalized spacial score (nSPS) is 15.8. The van der Waals surface area contributed by atoms with E-state index >= 15 is 0 Å². The summed E-state index contributed by atoms with van der Waals surface area (Å²) in [6.07, 6.45) is 4.67. The molecule has 0 bridgehead atoms. The molecule has 1 fully saturated rings. The van der Waals surface area contributed by atoms with E-state index in [1.54, 1.807) is 32.3 Å². The van der Waals surface area contributed by atoms with Gasteiger partial charge >= 0.3 is 0 Å². The Morgan fingerprint density at radius 2 is 1.78 bits per heavy atom. The first-order valence-corrected chi connectivity index (χ1v) is 12.7. The maximum Gasteiger partial charge on any atom is 0.227 e. The Labute approximate surface area is 189 Å². The lowest BCUT2D eigenvalue weighted by atomic mass is 10.1. The summed E-state index contributed by atoms with van der Waals surface area (Å²) < 4.78 is 27.1. The van der Waals surface area contributed by atoms with Crippen LogP contribution in [-0.4, -0.2) is 56.5 Å². The fourth-order valence-corrected chi connectivity index (χ4v) is 5.95. The molecular formula is C22H31N7O2S. The Hall–Kier alpha value is -2.75. The van der Waals surface area contributed by atoms with Crippen LogP contribution < -0.4 is 10.2 Å². The zero-order chi connectivity index (χ0) is 23.0. The molecule has 4 heterocycles. The third-order valence-corrected chi connectivity index (χ3v) is 8.73. The highest BCUT2D eigenvalue weighted by molar-refractivity contribution is 7.92. The summed E-state index contributed by atoms with van der Waals surface area (Å²) in [4.78, 5) is 20.2. The fourth-order valence-electron chi connectivity index (χ4n) is 4.31. The lowest BCUT2D eigenvalue weighted by Gasteiger charge is -2.32. The second-order valence-corrected chi connectivity index (χ2v) is 11.7. The van der Waals surface area contributed by atoms with Crippen molar-refractivity contribution in [3.05, 3.63) is 30.4 Å². The number of aryl methyl sites for hydroxylation is 1. The third-order valence-electron chi connectivity index (χ3n) is 6.01. The predicted molar refractivity (Wildman–Crippen MR) is 127 cm³/mol. The van der Waals surface area contributed by atoms with Crippen molar-refractivity contribution in [1.82, 2.24) is 24.5 Å². The minimum atomic E-state index is -3.08. The van der Waals surface area contributed by atoms with Crippen molar-refractivity contribution in [3.8, 4) is 0 Å². The first-order valence-electron chi connectivity index (χ1n) is 11.1. The Balaban J connectivity index is 1.50. The van der Waals surface area contributed by atoms with Crippen LogP contribution in [0.15, 0.2) is 24.5 Å². The summed E-state index contributed by atoms with van der Waals surface area (Å²) in [5, 5.41) is 2.64. The third kappa shape index (κ3) is 4.28. The smallest absolute Gasteiger partial charge is 0.227 e. The largest absolute Gasteiger partial charge is 0.341 e. The van der Waals surface area contributed by atoms with E-state index in [2.05, 4.69) is 43.7 Å². The molecule has 0 amide bonds. The molecule has 3 aromatic rings. The van der Waals surface area contributed by atoms with E-state index in [1.807, 2.05) is 17.9 Å². The molecule has 1 aliphatic rings. The van der Waals surface area contributed by atoms with Crippen molar-refractivity contribution in [1.29, 1.82) is 0 Å². The van der Waals surface area contributed by atoms with Gasteiger partial charge in [-0.25, -0.2) is 23.4 Å². The quantitative estimate of drug-likeness (QED) is 0.598. The van der Waals surface area contributed by atoms with E-state index in [-0.39, 0.29) is 10.5 Å². The number of sulfone groups is 1. The van der Waals surface area contributed by atoms with Gasteiger partial charge in [-0.15, -0.1) is 0 Å². The van der Waals surface area contributed by atoms with E-state index in [1.165, 1.54) is 0 Å². The average Bonchev–Trinajstić information content (AvgIpc) is 3.09. The van der Waals surface area contributed by atoms with E-state index < -0.39 is 9.84 Å². The van der Waals surface area contributed by atoms with Gasteiger partial charge in [0.05, 0.1) is 22.2 Å². The Kier molecular flexibility index (Phi) is 6.07. The summed E-state index contributed by atoms with van der Waals surface area (Å²) in [6, 6.07) is 4.08. The molecule has 172 valence electrons. The van der Waals surface area contributed by atoms with Crippen LogP contribution >= 0.6 is 0 Å². The summed E-state index contributed by atoms with van der Waals surface area (Å²) in [6.45, 7) is 11.0. The summed E-state index contributed by atoms with van der Waals surface area (Å²) in [5.41, 5.74) is 1.89. The standard InChI is InChI=1S/C22H31N7O2S/c1-14(2)29-16(5)25-18-13-24-21(12-19(18)29)26-20-6-9-23-22(27-20)28-10-7-17(8-11-28)32(30,31)15(3)4/h6,9,12-15,17H,7-8,10-11H2,1-5H3,(H,23,24,26,27). The molecular weight excluding hydrogens is 426 g/mol. The van der Waals surface area contributed by atoms with Gasteiger partial charge in [0.2, 0.25) is 5.95 Å². The van der Waals surface area contributed by atoms with Crippen LogP contribution in [0.1, 0.15) is 52.4 Å². The zero-order valence-corrected chi connectivity index (χ0v) is 20.1. The minimum absolute atomic E-state index is 0.287. The number of anilines is 3. The van der Waals surface area contributed by atoms with Gasteiger partial charge in [-0.2, -0.15) is 4.98 Å². The molecule has 0 radical (unpaired) electrons. The van der Waals surface area contributed by atoms with Crippen molar-refractivity contribution in [2.75, 3.05) is 23.3 Å². The Morgan fingerprint density at radius 3 is 2.44 bits per heavy atom. The lowest BCUT2D eigenvalue weighted by molar-refractivity contribution is 0.520. The van der Waals surface area contributed by atoms with Crippen molar-refractivity contribution in [2.24, 2.45) is 0 Å². The lowest BCUT2D eigenvalue weighted by Crippen LogP contribution is -2.42. The zero-order valence-electron chi connectivity index (χ0n) is 19.3. The average molecular weight is 458 g/mol. The molecule has 10 heteroatoms. The van der Waals surface area contributed by atoms with Gasteiger partial charge in [-0.05, 0) is 53.5 Å². The van der Waals surface area contributed by atoms with Gasteiger partial charge in [0, 0.05) is 31.4 Å². The van der Waals surface area contributed by atoms with Gasteiger partial charge in [0.1, 0.15) is 23.0 Å². The van der Waals surface area contributed by atoms with E-state index in [0.29, 0.717) is 49.6 Å². The number of fused-ring (bicyclic) bond motifs is 1. The molecule has 1 N–H and O–H groups in total. The number of aromatic nitrogens is 5. The van der Waals surface area contributed by atoms with Crippen molar-refractivity contribution >= 4 is 38.5 Å². The highest BCUT2D eigenvalue weighted by Crippen LogP contribution is 2.26. The number of piperidine rings is 1. The van der Waals surface area contributed by atoms with Gasteiger partial charge in [0.15, 0.2) is 9.84 Å². The number of imidazole rings is 1. The summed E-state index contributed by atoms with van der Waals surface area (Å²) in [7, 11) is -3.08. The number of rotatable bonds is 6. The topological polar surface area (TPSA) is 106 Å². The Morgan fingerprint density at radius 1 is 1.06 bits per heavy atom. The monoisotopic (exact) mass is 457 g/mol. The molecule has 0 saturated carbocycles. The van der Waals surface area contributed by atoms with E-state index in [9.17, 15) is 8.42 Å². The number of nitrogens with zero attached hydrogens (tertiary/aromatic N) is 6. The first-order chi connectivity index (χ1) is 15.2. The fraction of sp³-hybridized carbons (Fsp3) is 0.545. The van der Waals surface area contributed by atoms with Crippen LogP contribution in [0.4, 0.5) is 17.6 Å². The van der Waals surface area contributed by atoms with Crippen molar-refractivity contribution in [2.45, 2.75) is 64.0 Å². The number of nitrogens with one attached hydrogen (secondary N) is 1. The van der Waals surface area contributed by atoms with Gasteiger partial charge in [-0.1, -0.05) is 0 Å². The molecule has 1 saturated heterocycles. The van der Waals surface area contributed by atoms with Gasteiger partial charge in [-0.3, -0.25) is 0 Å². The minimum Gasteiger partial charge on any atom is -0.341 e. The van der Waals surface area contributed by atoms with Crippen LogP contribution in [0.3, 0.4) is 0 Å². The molecule has 0 unspecified atom stereocenters. The predicted octanol–water partition coefficient (Wildman–Crippen LogP) is 3.65. The number of hydrogen-bond acceptors (Lipinski definition) is 8. The molecule has 0 atom stereocenters. The van der Waals surface area contributed by atoms with Crippen molar-refractivity contribution < 1.29 is 8.42 Å². The van der Waals surface area contributed by atoms with Gasteiger partial charge < -0.3 is 14.8 Å². The van der Waals surface area contributed by atoms with Gasteiger partial charge in [0.25, 0.3) is 0 Å². The second kappa shape index (κ2) is 8.65. The molecule has 0 aromatic carbocycles. The molecule has 0 spiro atoms. The number of hydrogen-bond donors (Lipinski definition) is 1. The molecule has 0 aliphatic carbocycles.